The Bertz CT molecular complexity index is 28.9. The molecule has 0 amide bonds. The standard InChI is InChI=1S/C3H5.H3OP.Y/c1-3-2;1-2;/h1H2,2H3;1H,2H2;/q-1;;/i2D;;. The van der Waals surface area contributed by atoms with Gasteiger partial charge < -0.3 is 11.0 Å². The van der Waals surface area contributed by atoms with Crippen LogP contribution in [0.25, 0.3) is 0 Å². The molecule has 0 aliphatic rings. The second-order valence-electron chi connectivity index (χ2n) is 0.250. The molecule has 3 heteroatoms. The molecule has 0 saturated carbocycles. The molecule has 1 nitrogen and oxygen atoms in total. The van der Waals surface area contributed by atoms with Gasteiger partial charge in [-0.05, 0) is 10.8 Å². The monoisotopic (exact) mass is 181 g/mol. The molecule has 0 aromatic rings. The van der Waals surface area contributed by atoms with Crippen molar-refractivity contribution in [2.75, 3.05) is 0 Å². The number of allylic oxidation sites excluding steroid dienone is 1. The molecule has 0 aliphatic heterocycles. The van der Waals surface area contributed by atoms with Gasteiger partial charge in [-0.3, -0.25) is 6.58 Å². The zero-order chi connectivity index (χ0) is 5.41. The van der Waals surface area contributed by atoms with Crippen molar-refractivity contribution >= 4 is 9.47 Å². The molecule has 0 fully saturated rings. The molecule has 0 aromatic carbocycles. The van der Waals surface area contributed by atoms with Crippen LogP contribution in [0.2, 0.25) is 0 Å². The average molecular weight is 181 g/mol. The van der Waals surface area contributed by atoms with Crippen molar-refractivity contribution < 1.29 is 39.0 Å². The van der Waals surface area contributed by atoms with E-state index in [1.54, 1.807) is 0 Å². The molecule has 0 rings (SSSR count). The fraction of sp³-hybridized carbons (Fsp3) is 0.333. The van der Waals surface area contributed by atoms with Crippen LogP contribution in [0.15, 0.2) is 6.58 Å². The first-order valence-electron chi connectivity index (χ1n) is 1.67. The maximum absolute atomic E-state index is 6.92. The van der Waals surface area contributed by atoms with Crippen LogP contribution < -0.4 is 0 Å². The van der Waals surface area contributed by atoms with Gasteiger partial charge in [0.25, 0.3) is 0 Å². The molecule has 0 aliphatic carbocycles. The minimum Gasteiger partial charge on any atom is -0.507 e. The van der Waals surface area contributed by atoms with Gasteiger partial charge >= 0.3 is 0 Å². The van der Waals surface area contributed by atoms with Gasteiger partial charge in [0.05, 0.1) is 0 Å². The molecule has 1 N–H and O–H groups in total. The fourth-order valence-electron chi connectivity index (χ4n) is 0. The summed E-state index contributed by atoms with van der Waals surface area (Å²) >= 11 is 0. The van der Waals surface area contributed by atoms with Gasteiger partial charge in [0.2, 0.25) is 0 Å². The molecule has 6 heavy (non-hydrogen) atoms. The minimum absolute atomic E-state index is 0. The smallest absolute Gasteiger partial charge is 0 e. The number of hydrogen-bond acceptors (Lipinski definition) is 1. The summed E-state index contributed by atoms with van der Waals surface area (Å²) in [6, 6.07) is 0. The van der Waals surface area contributed by atoms with Crippen LogP contribution in [-0.4, -0.2) is 4.89 Å². The van der Waals surface area contributed by atoms with E-state index in [2.05, 4.69) is 12.7 Å². The van der Waals surface area contributed by atoms with E-state index in [0.717, 1.165) is 0 Å². The zero-order valence-electron chi connectivity index (χ0n) is 4.52. The summed E-state index contributed by atoms with van der Waals surface area (Å²) in [7, 11) is 1.42. The summed E-state index contributed by atoms with van der Waals surface area (Å²) in [5.41, 5.74) is 0. The maximum atomic E-state index is 6.92. The largest absolute Gasteiger partial charge is 0.507 e. The Morgan fingerprint density at radius 2 is 2.17 bits per heavy atom. The van der Waals surface area contributed by atoms with E-state index < -0.39 is 0 Å². The number of hydrogen-bond donors (Lipinski definition) is 1. The minimum atomic E-state index is 0. The van der Waals surface area contributed by atoms with Crippen LogP contribution in [0.1, 0.15) is 8.27 Å². The summed E-state index contributed by atoms with van der Waals surface area (Å²) in [6.45, 7) is 3.38. The van der Waals surface area contributed by atoms with E-state index in [1.165, 1.54) is 9.47 Å². The van der Waals surface area contributed by atoms with Crippen LogP contribution in [0.4, 0.5) is 0 Å². The summed E-state index contributed by atoms with van der Waals surface area (Å²) in [6.07, 6.45) is 2.35. The third-order valence-electron chi connectivity index (χ3n) is 0. The number of rotatable bonds is 0. The Kier molecular flexibility index (Phi) is 58.5. The van der Waals surface area contributed by atoms with Crippen molar-refractivity contribution in [3.05, 3.63) is 12.7 Å². The Morgan fingerprint density at radius 1 is 2.00 bits per heavy atom. The molecule has 0 heterocycles. The van der Waals surface area contributed by atoms with E-state index >= 15 is 0 Å². The molecule has 35 valence electrons. The SMILES string of the molecule is OP.[2H]C[C-]=C.[Y]. The van der Waals surface area contributed by atoms with Crippen LogP contribution >= 0.6 is 9.47 Å². The molecule has 1 unspecified atom stereocenters. The molecular formula is C3H8OPY-. The molecular weight excluding hydrogens is 172 g/mol. The molecule has 1 radical (unpaired) electrons. The van der Waals surface area contributed by atoms with E-state index in [9.17, 15) is 0 Å². The normalized spacial score (nSPS) is 5.33. The van der Waals surface area contributed by atoms with Crippen LogP contribution in [0.3, 0.4) is 0 Å². The Labute approximate surface area is 67.8 Å². The van der Waals surface area contributed by atoms with E-state index in [1.807, 2.05) is 0 Å². The van der Waals surface area contributed by atoms with E-state index in [-0.39, 0.29) is 39.6 Å². The molecule has 0 saturated heterocycles. The van der Waals surface area contributed by atoms with Crippen LogP contribution in [-0.2, 0) is 32.7 Å². The second kappa shape index (κ2) is 34.2. The molecule has 1 atom stereocenters. The summed E-state index contributed by atoms with van der Waals surface area (Å²) in [4.78, 5) is 6.92. The predicted octanol–water partition coefficient (Wildman–Crippen LogP) is 0.762. The topological polar surface area (TPSA) is 20.2 Å². The average Bonchev–Trinajstić information content (AvgIpc) is 1.72. The van der Waals surface area contributed by atoms with E-state index in [4.69, 9.17) is 6.26 Å². The summed E-state index contributed by atoms with van der Waals surface area (Å²) in [5, 5.41) is 0. The van der Waals surface area contributed by atoms with Crippen LogP contribution in [0.5, 0.6) is 0 Å². The first-order valence-corrected chi connectivity index (χ1v) is 1.48. The molecule has 0 bridgehead atoms. The second-order valence-corrected chi connectivity index (χ2v) is 0.250. The van der Waals surface area contributed by atoms with Gasteiger partial charge in [-0.2, -0.15) is 6.90 Å². The third-order valence-corrected chi connectivity index (χ3v) is 0. The Morgan fingerprint density at radius 3 is 2.17 bits per heavy atom. The molecule has 0 spiro atoms. The third kappa shape index (κ3) is 61.6. The first kappa shape index (κ1) is 10.3. The van der Waals surface area contributed by atoms with Crippen molar-refractivity contribution in [1.82, 2.24) is 0 Å². The van der Waals surface area contributed by atoms with Crippen molar-refractivity contribution in [3.63, 3.8) is 0 Å². The van der Waals surface area contributed by atoms with Gasteiger partial charge in [0, 0.05) is 32.7 Å². The van der Waals surface area contributed by atoms with Crippen molar-refractivity contribution in [3.8, 4) is 0 Å². The Balaban J connectivity index is -0.0000000480. The summed E-state index contributed by atoms with van der Waals surface area (Å²) in [5.74, 6) is 0. The van der Waals surface area contributed by atoms with Crippen LogP contribution in [0, 0.1) is 6.08 Å². The van der Waals surface area contributed by atoms with Gasteiger partial charge in [-0.15, -0.1) is 0 Å². The van der Waals surface area contributed by atoms with Gasteiger partial charge in [0.15, 0.2) is 0 Å². The zero-order valence-corrected chi connectivity index (χ0v) is 7.51. The Hall–Kier alpha value is 1.23. The maximum Gasteiger partial charge on any atom is 0 e. The van der Waals surface area contributed by atoms with Gasteiger partial charge in [-0.25, -0.2) is 0 Å². The van der Waals surface area contributed by atoms with Gasteiger partial charge in [0.1, 0.15) is 0 Å². The van der Waals surface area contributed by atoms with Crippen molar-refractivity contribution in [1.29, 1.82) is 0 Å². The summed E-state index contributed by atoms with van der Waals surface area (Å²) < 4.78 is 6.28. The van der Waals surface area contributed by atoms with Crippen molar-refractivity contribution in [2.24, 2.45) is 0 Å². The fourth-order valence-corrected chi connectivity index (χ4v) is 0. The predicted molar refractivity (Wildman–Crippen MR) is 26.5 cm³/mol. The van der Waals surface area contributed by atoms with Gasteiger partial charge in [-0.1, -0.05) is 0 Å². The first-order chi connectivity index (χ1) is 2.91. The van der Waals surface area contributed by atoms with Crippen molar-refractivity contribution in [2.45, 2.75) is 6.90 Å². The molecule has 0 aromatic heterocycles. The van der Waals surface area contributed by atoms with E-state index in [0.29, 0.717) is 0 Å². The quantitative estimate of drug-likeness (QED) is 0.432.